The fourth-order valence-electron chi connectivity index (χ4n) is 9.47. The monoisotopic (exact) mass is 801 g/mol. The molecule has 2 aromatic carbocycles. The largest absolute Gasteiger partial charge is 0.494 e. The summed E-state index contributed by atoms with van der Waals surface area (Å²) in [6.45, 7) is 6.15. The molecule has 4 saturated heterocycles. The molecule has 17 heteroatoms. The number of piperidine rings is 1. The van der Waals surface area contributed by atoms with E-state index in [1.165, 1.54) is 13.4 Å². The Morgan fingerprint density at radius 2 is 1.61 bits per heavy atom. The Morgan fingerprint density at radius 3 is 2.32 bits per heavy atom. The molecule has 5 aromatic rings. The number of nitrogen functional groups attached to an aromatic ring is 1. The average Bonchev–Trinajstić information content (AvgIpc) is 3.90. The Kier molecular flexibility index (Phi) is 9.35. The first kappa shape index (κ1) is 37.1. The number of nitrogens with one attached hydrogen (secondary N) is 2. The number of likely N-dealkylation sites (tertiary alicyclic amines) is 2. The van der Waals surface area contributed by atoms with E-state index < -0.39 is 23.7 Å². The lowest BCUT2D eigenvalue weighted by molar-refractivity contribution is -0.134. The van der Waals surface area contributed by atoms with Gasteiger partial charge in [-0.05, 0) is 79.6 Å². The molecule has 3 atom stereocenters. The number of carbonyl (C=O) groups excluding carboxylic acids is 3. The van der Waals surface area contributed by atoms with Crippen LogP contribution in [0.15, 0.2) is 67.1 Å². The highest BCUT2D eigenvalue weighted by atomic mass is 19.1. The third-order valence-electron chi connectivity index (χ3n) is 12.8. The number of benzene rings is 2. The van der Waals surface area contributed by atoms with Crippen LogP contribution in [0.4, 0.5) is 15.9 Å². The number of nitrogens with two attached hydrogens (primary N) is 1. The highest BCUT2D eigenvalue weighted by Gasteiger charge is 2.48. The fourth-order valence-corrected chi connectivity index (χ4v) is 9.47. The maximum Gasteiger partial charge on any atom is 0.270 e. The number of hydrogen-bond donors (Lipinski definition) is 3. The van der Waals surface area contributed by atoms with Crippen molar-refractivity contribution in [3.8, 4) is 28.5 Å². The van der Waals surface area contributed by atoms with Gasteiger partial charge in [0.1, 0.15) is 35.3 Å². The highest BCUT2D eigenvalue weighted by Crippen LogP contribution is 2.47. The van der Waals surface area contributed by atoms with Crippen molar-refractivity contribution < 1.29 is 28.2 Å². The standard InChI is InChI=1S/C42H44FN11O5/c1-58-33-3-2-4-34(37(33)43)59-30-8-5-23(6-9-30)38-36-39(44)46-22-47-40(36)54(50-38)27-13-24-16-51(17-25(24)14-27)28-20-53(21-28)29-18-52(19-29)26-7-10-31(45-15-26)41(56)48-32-11-12-35(55)49-42(32)57/h2-10,15,22,24-25,27-29,32H,11-14,16-21H2,1H3,(H,48,56)(H2,44,46,47)(H,49,55,57). The number of imide groups is 1. The van der Waals surface area contributed by atoms with Crippen molar-refractivity contribution in [2.75, 3.05) is 57.0 Å². The van der Waals surface area contributed by atoms with Crippen LogP contribution in [-0.2, 0) is 9.59 Å². The molecular weight excluding hydrogens is 758 g/mol. The average molecular weight is 802 g/mol. The number of fused-ring (bicyclic) bond motifs is 2. The normalized spacial score (nSPS) is 23.8. The van der Waals surface area contributed by atoms with E-state index in [0.717, 1.165) is 74.4 Å². The van der Waals surface area contributed by atoms with Gasteiger partial charge in [0.25, 0.3) is 5.91 Å². The van der Waals surface area contributed by atoms with E-state index in [1.807, 2.05) is 18.2 Å². The van der Waals surface area contributed by atoms with Crippen molar-refractivity contribution in [1.29, 1.82) is 0 Å². The summed E-state index contributed by atoms with van der Waals surface area (Å²) in [5, 5.41) is 10.8. The van der Waals surface area contributed by atoms with Gasteiger partial charge in [0, 0.05) is 63.3 Å². The van der Waals surface area contributed by atoms with Crippen LogP contribution in [-0.4, -0.2) is 117 Å². The molecule has 16 nitrogen and oxygen atoms in total. The van der Waals surface area contributed by atoms with Crippen molar-refractivity contribution in [2.45, 2.75) is 49.9 Å². The van der Waals surface area contributed by atoms with Crippen LogP contribution in [0.3, 0.4) is 0 Å². The SMILES string of the molecule is COc1cccc(Oc2ccc(-c3nn(C4CC5CN(C6CN(C7CN(c8ccc(C(=O)NC9CCC(=O)NC9=O)nc8)C7)C6)CC5C4)c4ncnc(N)c34)cc2)c1F. The lowest BCUT2D eigenvalue weighted by atomic mass is 9.98. The van der Waals surface area contributed by atoms with E-state index in [9.17, 15) is 18.8 Å². The Morgan fingerprint density at radius 1 is 0.881 bits per heavy atom. The Bertz CT molecular complexity index is 2420. The molecule has 7 heterocycles. The zero-order valence-electron chi connectivity index (χ0n) is 32.5. The number of pyridine rings is 1. The van der Waals surface area contributed by atoms with E-state index >= 15 is 0 Å². The first-order chi connectivity index (χ1) is 28.7. The maximum absolute atomic E-state index is 14.7. The number of nitrogens with zero attached hydrogens (tertiary/aromatic N) is 8. The van der Waals surface area contributed by atoms with Crippen LogP contribution >= 0.6 is 0 Å². The third-order valence-corrected chi connectivity index (χ3v) is 12.8. The van der Waals surface area contributed by atoms with Crippen molar-refractivity contribution in [3.63, 3.8) is 0 Å². The van der Waals surface area contributed by atoms with Crippen LogP contribution in [0.1, 0.15) is 42.2 Å². The molecule has 0 bridgehead atoms. The quantitative estimate of drug-likeness (QED) is 0.175. The first-order valence-corrected chi connectivity index (χ1v) is 20.1. The summed E-state index contributed by atoms with van der Waals surface area (Å²) in [5.74, 6) is 0.430. The molecule has 59 heavy (non-hydrogen) atoms. The zero-order chi connectivity index (χ0) is 40.4. The van der Waals surface area contributed by atoms with E-state index in [4.69, 9.17) is 20.3 Å². The number of ether oxygens (including phenoxy) is 2. The van der Waals surface area contributed by atoms with Gasteiger partial charge < -0.3 is 25.4 Å². The molecule has 0 radical (unpaired) electrons. The zero-order valence-corrected chi connectivity index (χ0v) is 32.5. The minimum absolute atomic E-state index is 0.0775. The smallest absolute Gasteiger partial charge is 0.270 e. The minimum atomic E-state index is -0.733. The van der Waals surface area contributed by atoms with Gasteiger partial charge in [0.05, 0.1) is 30.4 Å². The van der Waals surface area contributed by atoms with Crippen LogP contribution in [0.25, 0.3) is 22.3 Å². The van der Waals surface area contributed by atoms with E-state index in [1.54, 1.807) is 42.6 Å². The van der Waals surface area contributed by atoms with Crippen molar-refractivity contribution in [3.05, 3.63) is 78.6 Å². The number of anilines is 2. The molecule has 4 aliphatic heterocycles. The molecule has 304 valence electrons. The molecule has 10 rings (SSSR count). The molecule has 3 unspecified atom stereocenters. The summed E-state index contributed by atoms with van der Waals surface area (Å²) < 4.78 is 27.7. The molecule has 4 N–H and O–H groups in total. The molecule has 0 spiro atoms. The molecule has 1 saturated carbocycles. The predicted octanol–water partition coefficient (Wildman–Crippen LogP) is 3.40. The van der Waals surface area contributed by atoms with Crippen LogP contribution in [0.2, 0.25) is 0 Å². The number of amides is 3. The summed E-state index contributed by atoms with van der Waals surface area (Å²) in [6.07, 6.45) is 5.75. The second-order valence-corrected chi connectivity index (χ2v) is 16.3. The van der Waals surface area contributed by atoms with Gasteiger partial charge in [-0.2, -0.15) is 9.49 Å². The van der Waals surface area contributed by atoms with E-state index in [2.05, 4.69) is 45.0 Å². The molecule has 3 aromatic heterocycles. The number of hydrogen-bond acceptors (Lipinski definition) is 13. The van der Waals surface area contributed by atoms with Crippen molar-refractivity contribution >= 4 is 40.3 Å². The van der Waals surface area contributed by atoms with Crippen LogP contribution in [0.5, 0.6) is 17.2 Å². The minimum Gasteiger partial charge on any atom is -0.494 e. The summed E-state index contributed by atoms with van der Waals surface area (Å²) in [6, 6.07) is 16.2. The molecule has 1 aliphatic carbocycles. The number of aromatic nitrogens is 5. The van der Waals surface area contributed by atoms with E-state index in [0.29, 0.717) is 41.2 Å². The number of halogens is 1. The summed E-state index contributed by atoms with van der Waals surface area (Å²) in [5.41, 5.74) is 9.94. The second kappa shape index (κ2) is 14.9. The second-order valence-electron chi connectivity index (χ2n) is 16.3. The van der Waals surface area contributed by atoms with Gasteiger partial charge in [-0.3, -0.25) is 29.5 Å². The third kappa shape index (κ3) is 6.86. The Balaban J connectivity index is 0.718. The Hall–Kier alpha value is -6.20. The first-order valence-electron chi connectivity index (χ1n) is 20.1. The topological polar surface area (TPSA) is 186 Å². The molecular formula is C42H44FN11O5. The number of methoxy groups -OCH3 is 1. The van der Waals surface area contributed by atoms with E-state index in [-0.39, 0.29) is 42.0 Å². The van der Waals surface area contributed by atoms with Crippen molar-refractivity contribution in [2.24, 2.45) is 11.8 Å². The number of rotatable bonds is 10. The maximum atomic E-state index is 14.7. The van der Waals surface area contributed by atoms with Gasteiger partial charge in [-0.1, -0.05) is 6.07 Å². The predicted molar refractivity (Wildman–Crippen MR) is 214 cm³/mol. The fraction of sp³-hybridized carbons (Fsp3) is 0.405. The van der Waals surface area contributed by atoms with Gasteiger partial charge in [-0.25, -0.2) is 19.6 Å². The highest BCUT2D eigenvalue weighted by molar-refractivity contribution is 6.03. The van der Waals surface area contributed by atoms with Gasteiger partial charge in [0.2, 0.25) is 17.6 Å². The van der Waals surface area contributed by atoms with Gasteiger partial charge in [0.15, 0.2) is 17.1 Å². The summed E-state index contributed by atoms with van der Waals surface area (Å²) in [4.78, 5) is 56.9. The van der Waals surface area contributed by atoms with Crippen molar-refractivity contribution in [1.82, 2.24) is 45.2 Å². The number of carbonyl (C=O) groups is 3. The summed E-state index contributed by atoms with van der Waals surface area (Å²) >= 11 is 0. The molecule has 5 aliphatic rings. The molecule has 5 fully saturated rings. The lowest BCUT2D eigenvalue weighted by Crippen LogP contribution is -2.69. The molecule has 3 amide bonds. The van der Waals surface area contributed by atoms with Crippen LogP contribution < -0.4 is 30.7 Å². The van der Waals surface area contributed by atoms with Gasteiger partial charge in [-0.15, -0.1) is 0 Å². The van der Waals surface area contributed by atoms with Gasteiger partial charge >= 0.3 is 0 Å². The van der Waals surface area contributed by atoms with Crippen LogP contribution in [0, 0.1) is 17.7 Å². The Labute approximate surface area is 338 Å². The lowest BCUT2D eigenvalue weighted by Gasteiger charge is -2.54. The summed E-state index contributed by atoms with van der Waals surface area (Å²) in [7, 11) is 1.42.